The van der Waals surface area contributed by atoms with Crippen molar-refractivity contribution >= 4 is 12.1 Å². The number of benzene rings is 2. The molecule has 0 unspecified atom stereocenters. The highest BCUT2D eigenvalue weighted by Gasteiger charge is 2.05. The summed E-state index contributed by atoms with van der Waals surface area (Å²) in [7, 11) is 0. The first-order chi connectivity index (χ1) is 9.58. The van der Waals surface area contributed by atoms with Crippen LogP contribution >= 0.6 is 0 Å². The molecule has 3 N–H and O–H groups in total. The maximum Gasteiger partial charge on any atom is 0.271 e. The SMILES string of the molecule is Cc1ccc(C(=O)N/N=C/c2cccc(O)c2O)cc1. The van der Waals surface area contributed by atoms with Gasteiger partial charge >= 0.3 is 0 Å². The van der Waals surface area contributed by atoms with E-state index in [-0.39, 0.29) is 17.4 Å². The third-order valence-corrected chi connectivity index (χ3v) is 2.73. The predicted molar refractivity (Wildman–Crippen MR) is 76.0 cm³/mol. The van der Waals surface area contributed by atoms with E-state index in [9.17, 15) is 15.0 Å². The number of rotatable bonds is 3. The number of aromatic hydroxyl groups is 2. The molecule has 5 nitrogen and oxygen atoms in total. The second-order valence-corrected chi connectivity index (χ2v) is 4.28. The number of hydrogen-bond donors (Lipinski definition) is 3. The van der Waals surface area contributed by atoms with Crippen LogP contribution in [0, 0.1) is 6.92 Å². The molecule has 5 heteroatoms. The van der Waals surface area contributed by atoms with Crippen molar-refractivity contribution in [1.82, 2.24) is 5.43 Å². The largest absolute Gasteiger partial charge is 0.504 e. The molecule has 0 aliphatic carbocycles. The van der Waals surface area contributed by atoms with E-state index in [1.807, 2.05) is 19.1 Å². The van der Waals surface area contributed by atoms with Gasteiger partial charge in [-0.2, -0.15) is 5.10 Å². The van der Waals surface area contributed by atoms with Crippen LogP contribution in [0.3, 0.4) is 0 Å². The van der Waals surface area contributed by atoms with Crippen molar-refractivity contribution in [3.8, 4) is 11.5 Å². The first-order valence-corrected chi connectivity index (χ1v) is 5.99. The molecule has 0 aliphatic heterocycles. The number of nitrogens with one attached hydrogen (secondary N) is 1. The van der Waals surface area contributed by atoms with E-state index in [1.54, 1.807) is 24.3 Å². The molecule has 0 bridgehead atoms. The minimum absolute atomic E-state index is 0.237. The molecule has 0 spiro atoms. The maximum atomic E-state index is 11.8. The highest BCUT2D eigenvalue weighted by molar-refractivity contribution is 5.95. The smallest absolute Gasteiger partial charge is 0.271 e. The molecular weight excluding hydrogens is 256 g/mol. The number of amides is 1. The summed E-state index contributed by atoms with van der Waals surface area (Å²) in [5.41, 5.74) is 4.22. The Hall–Kier alpha value is -2.82. The van der Waals surface area contributed by atoms with Crippen LogP contribution in [0.1, 0.15) is 21.5 Å². The molecule has 0 heterocycles. The fraction of sp³-hybridized carbons (Fsp3) is 0.0667. The molecule has 0 saturated carbocycles. The fourth-order valence-electron chi connectivity index (χ4n) is 1.58. The Bertz CT molecular complexity index is 649. The van der Waals surface area contributed by atoms with Gasteiger partial charge in [0.15, 0.2) is 11.5 Å². The van der Waals surface area contributed by atoms with Crippen LogP contribution in [0.5, 0.6) is 11.5 Å². The van der Waals surface area contributed by atoms with E-state index >= 15 is 0 Å². The summed E-state index contributed by atoms with van der Waals surface area (Å²) >= 11 is 0. The zero-order chi connectivity index (χ0) is 14.5. The number of nitrogens with zero attached hydrogens (tertiary/aromatic N) is 1. The molecule has 0 atom stereocenters. The Balaban J connectivity index is 2.04. The molecule has 0 radical (unpaired) electrons. The summed E-state index contributed by atoms with van der Waals surface area (Å²) in [6.07, 6.45) is 1.27. The maximum absolute atomic E-state index is 11.8. The highest BCUT2D eigenvalue weighted by atomic mass is 16.3. The van der Waals surface area contributed by atoms with Gasteiger partial charge in [0.05, 0.1) is 6.21 Å². The standard InChI is InChI=1S/C15H14N2O3/c1-10-5-7-11(8-6-10)15(20)17-16-9-12-3-2-4-13(18)14(12)19/h2-9,18-19H,1H3,(H,17,20)/b16-9+. The van der Waals surface area contributed by atoms with E-state index in [4.69, 9.17) is 0 Å². The summed E-state index contributed by atoms with van der Waals surface area (Å²) < 4.78 is 0. The number of hydrogen-bond acceptors (Lipinski definition) is 4. The van der Waals surface area contributed by atoms with Gasteiger partial charge < -0.3 is 10.2 Å². The van der Waals surface area contributed by atoms with Gasteiger partial charge in [-0.25, -0.2) is 5.43 Å². The highest BCUT2D eigenvalue weighted by Crippen LogP contribution is 2.26. The quantitative estimate of drug-likeness (QED) is 0.454. The van der Waals surface area contributed by atoms with Gasteiger partial charge in [-0.15, -0.1) is 0 Å². The molecule has 0 aromatic heterocycles. The Kier molecular flexibility index (Phi) is 4.00. The average Bonchev–Trinajstić information content (AvgIpc) is 2.44. The van der Waals surface area contributed by atoms with Crippen LogP contribution in [0.2, 0.25) is 0 Å². The first kappa shape index (κ1) is 13.6. The van der Waals surface area contributed by atoms with Crippen molar-refractivity contribution in [2.45, 2.75) is 6.92 Å². The molecule has 1 amide bonds. The van der Waals surface area contributed by atoms with Gasteiger partial charge in [-0.1, -0.05) is 23.8 Å². The molecule has 2 aromatic carbocycles. The lowest BCUT2D eigenvalue weighted by Crippen LogP contribution is -2.17. The molecule has 0 saturated heterocycles. The number of aryl methyl sites for hydroxylation is 1. The molecule has 102 valence electrons. The van der Waals surface area contributed by atoms with Crippen LogP contribution in [-0.2, 0) is 0 Å². The lowest BCUT2D eigenvalue weighted by Gasteiger charge is -2.02. The molecule has 0 fully saturated rings. The first-order valence-electron chi connectivity index (χ1n) is 5.99. The Morgan fingerprint density at radius 1 is 1.15 bits per heavy atom. The van der Waals surface area contributed by atoms with Crippen molar-refractivity contribution in [3.05, 3.63) is 59.2 Å². The summed E-state index contributed by atoms with van der Waals surface area (Å²) in [6, 6.07) is 11.6. The van der Waals surface area contributed by atoms with Crippen LogP contribution in [0.25, 0.3) is 0 Å². The molecule has 2 rings (SSSR count). The Labute approximate surface area is 116 Å². The summed E-state index contributed by atoms with van der Waals surface area (Å²) in [4.78, 5) is 11.8. The predicted octanol–water partition coefficient (Wildman–Crippen LogP) is 2.17. The zero-order valence-corrected chi connectivity index (χ0v) is 10.9. The van der Waals surface area contributed by atoms with Crippen molar-refractivity contribution < 1.29 is 15.0 Å². The summed E-state index contributed by atoms with van der Waals surface area (Å²) in [5.74, 6) is -0.861. The summed E-state index contributed by atoms with van der Waals surface area (Å²) in [6.45, 7) is 1.94. The van der Waals surface area contributed by atoms with Crippen LogP contribution in [0.15, 0.2) is 47.6 Å². The second kappa shape index (κ2) is 5.88. The lowest BCUT2D eigenvalue weighted by molar-refractivity contribution is 0.0955. The normalized spacial score (nSPS) is 10.7. The van der Waals surface area contributed by atoms with Crippen LogP contribution in [-0.4, -0.2) is 22.3 Å². The van der Waals surface area contributed by atoms with Gasteiger partial charge in [0, 0.05) is 11.1 Å². The third-order valence-electron chi connectivity index (χ3n) is 2.73. The molecule has 20 heavy (non-hydrogen) atoms. The number of phenols is 2. The lowest BCUT2D eigenvalue weighted by atomic mass is 10.1. The second-order valence-electron chi connectivity index (χ2n) is 4.28. The van der Waals surface area contributed by atoms with Gasteiger partial charge in [-0.05, 0) is 31.2 Å². The fourth-order valence-corrected chi connectivity index (χ4v) is 1.58. The van der Waals surface area contributed by atoms with E-state index in [1.165, 1.54) is 12.3 Å². The number of carbonyl (C=O) groups excluding carboxylic acids is 1. The third kappa shape index (κ3) is 3.14. The van der Waals surface area contributed by atoms with Crippen molar-refractivity contribution in [1.29, 1.82) is 0 Å². The van der Waals surface area contributed by atoms with Gasteiger partial charge in [-0.3, -0.25) is 4.79 Å². The van der Waals surface area contributed by atoms with E-state index in [0.717, 1.165) is 5.56 Å². The van der Waals surface area contributed by atoms with E-state index in [0.29, 0.717) is 11.1 Å². The van der Waals surface area contributed by atoms with Gasteiger partial charge in [0.1, 0.15) is 0 Å². The van der Waals surface area contributed by atoms with Gasteiger partial charge in [0.2, 0.25) is 0 Å². The Morgan fingerprint density at radius 3 is 2.55 bits per heavy atom. The van der Waals surface area contributed by atoms with Crippen molar-refractivity contribution in [2.75, 3.05) is 0 Å². The van der Waals surface area contributed by atoms with Crippen LogP contribution in [0.4, 0.5) is 0 Å². The number of hydrazone groups is 1. The van der Waals surface area contributed by atoms with Crippen molar-refractivity contribution in [3.63, 3.8) is 0 Å². The average molecular weight is 270 g/mol. The zero-order valence-electron chi connectivity index (χ0n) is 10.9. The number of carbonyl (C=O) groups is 1. The minimum Gasteiger partial charge on any atom is -0.504 e. The monoisotopic (exact) mass is 270 g/mol. The van der Waals surface area contributed by atoms with Gasteiger partial charge in [0.25, 0.3) is 5.91 Å². The van der Waals surface area contributed by atoms with E-state index in [2.05, 4.69) is 10.5 Å². The molecular formula is C15H14N2O3. The van der Waals surface area contributed by atoms with Crippen molar-refractivity contribution in [2.24, 2.45) is 5.10 Å². The minimum atomic E-state index is -0.346. The molecule has 2 aromatic rings. The van der Waals surface area contributed by atoms with Crippen LogP contribution < -0.4 is 5.43 Å². The topological polar surface area (TPSA) is 81.9 Å². The molecule has 0 aliphatic rings. The van der Waals surface area contributed by atoms with E-state index < -0.39 is 0 Å². The number of phenolic OH excluding ortho intramolecular Hbond substituents is 2. The summed E-state index contributed by atoms with van der Waals surface area (Å²) in [5, 5.41) is 22.6. The number of para-hydroxylation sites is 1. The Morgan fingerprint density at radius 2 is 1.85 bits per heavy atom.